The van der Waals surface area contributed by atoms with Crippen molar-refractivity contribution in [2.75, 3.05) is 11.9 Å². The summed E-state index contributed by atoms with van der Waals surface area (Å²) in [7, 11) is 0. The van der Waals surface area contributed by atoms with Crippen molar-refractivity contribution in [1.82, 2.24) is 20.6 Å². The second kappa shape index (κ2) is 8.00. The van der Waals surface area contributed by atoms with Crippen LogP contribution in [0.4, 0.5) is 5.69 Å². The summed E-state index contributed by atoms with van der Waals surface area (Å²) in [5.74, 6) is 0.379. The maximum atomic E-state index is 12.0. The molecule has 1 atom stereocenters. The number of H-pyrrole nitrogens is 1. The molecule has 0 aliphatic carbocycles. The monoisotopic (exact) mass is 357 g/mol. The quantitative estimate of drug-likeness (QED) is 0.443. The first-order valence-electron chi connectivity index (χ1n) is 8.02. The van der Waals surface area contributed by atoms with Crippen LogP contribution < -0.4 is 5.32 Å². The van der Waals surface area contributed by atoms with Gasteiger partial charge >= 0.3 is 0 Å². The molecular formula is C17H19N5O2S. The number of aromatic nitrogens is 4. The molecule has 8 heteroatoms. The molecule has 1 heterocycles. The molecular weight excluding hydrogens is 338 g/mol. The fourth-order valence-electron chi connectivity index (χ4n) is 2.61. The Bertz CT molecular complexity index is 853. The van der Waals surface area contributed by atoms with Gasteiger partial charge < -0.3 is 9.87 Å². The Labute approximate surface area is 148 Å². The highest BCUT2D eigenvalue weighted by atomic mass is 32.2. The number of hydrogen-bond acceptors (Lipinski definition) is 5. The van der Waals surface area contributed by atoms with Crippen LogP contribution in [-0.4, -0.2) is 35.9 Å². The molecule has 1 unspecified atom stereocenters. The average Bonchev–Trinajstić information content (AvgIpc) is 3.16. The molecule has 0 aliphatic rings. The molecule has 0 saturated heterocycles. The Morgan fingerprint density at radius 1 is 1.20 bits per heavy atom. The summed E-state index contributed by atoms with van der Waals surface area (Å²) in [6, 6.07) is 13.1. The van der Waals surface area contributed by atoms with Crippen molar-refractivity contribution in [3.63, 3.8) is 0 Å². The van der Waals surface area contributed by atoms with Gasteiger partial charge in [-0.2, -0.15) is 5.21 Å². The summed E-state index contributed by atoms with van der Waals surface area (Å²) in [6.45, 7) is 2.88. The van der Waals surface area contributed by atoms with Gasteiger partial charge in [-0.05, 0) is 29.3 Å². The van der Waals surface area contributed by atoms with E-state index in [0.29, 0.717) is 21.8 Å². The zero-order chi connectivity index (χ0) is 17.6. The van der Waals surface area contributed by atoms with Gasteiger partial charge in [0.1, 0.15) is 0 Å². The second-order valence-corrected chi connectivity index (χ2v) is 6.47. The lowest BCUT2D eigenvalue weighted by atomic mass is 10.0. The van der Waals surface area contributed by atoms with Crippen LogP contribution in [0.5, 0.6) is 0 Å². The summed E-state index contributed by atoms with van der Waals surface area (Å²) in [5, 5.41) is 17.3. The van der Waals surface area contributed by atoms with Gasteiger partial charge in [0.05, 0.1) is 4.90 Å². The Kier molecular flexibility index (Phi) is 5.52. The minimum absolute atomic E-state index is 0.312. The summed E-state index contributed by atoms with van der Waals surface area (Å²) < 4.78 is 21.9. The fourth-order valence-corrected chi connectivity index (χ4v) is 3.24. The Morgan fingerprint density at radius 2 is 2.00 bits per heavy atom. The van der Waals surface area contributed by atoms with E-state index in [0.717, 1.165) is 30.6 Å². The normalized spacial score (nSPS) is 12.1. The van der Waals surface area contributed by atoms with Gasteiger partial charge in [-0.3, -0.25) is 0 Å². The lowest BCUT2D eigenvalue weighted by Crippen LogP contribution is -2.06. The predicted octanol–water partition coefficient (Wildman–Crippen LogP) is 3.33. The van der Waals surface area contributed by atoms with Crippen molar-refractivity contribution in [2.45, 2.75) is 24.7 Å². The first-order valence-corrected chi connectivity index (χ1v) is 9.13. The van der Waals surface area contributed by atoms with E-state index in [-0.39, 0.29) is 0 Å². The smallest absolute Gasteiger partial charge is 0.204 e. The predicted molar refractivity (Wildman–Crippen MR) is 97.5 cm³/mol. The molecule has 25 heavy (non-hydrogen) atoms. The number of hydrogen-bond donors (Lipinski definition) is 3. The van der Waals surface area contributed by atoms with Crippen molar-refractivity contribution < 1.29 is 8.76 Å². The van der Waals surface area contributed by atoms with Crippen LogP contribution >= 0.6 is 0 Å². The van der Waals surface area contributed by atoms with Crippen LogP contribution in [0.25, 0.3) is 22.5 Å². The molecule has 0 spiro atoms. The number of anilines is 1. The molecule has 0 saturated carbocycles. The summed E-state index contributed by atoms with van der Waals surface area (Å²) in [4.78, 5) is 0.312. The van der Waals surface area contributed by atoms with E-state index in [1.54, 1.807) is 6.07 Å². The van der Waals surface area contributed by atoms with Gasteiger partial charge in [-0.15, -0.1) is 10.2 Å². The number of nitrogens with one attached hydrogen (secondary N) is 2. The summed E-state index contributed by atoms with van der Waals surface area (Å²) in [5.41, 5.74) is 2.99. The van der Waals surface area contributed by atoms with E-state index in [4.69, 9.17) is 0 Å². The maximum Gasteiger partial charge on any atom is 0.204 e. The SMILES string of the molecule is CCCCNc1cc(-c2nn[nH]n2)cc(S(=O)O)c1-c1ccccc1. The third kappa shape index (κ3) is 3.92. The molecule has 0 aliphatic heterocycles. The van der Waals surface area contributed by atoms with E-state index in [1.807, 2.05) is 36.4 Å². The average molecular weight is 357 g/mol. The second-order valence-electron chi connectivity index (χ2n) is 5.53. The highest BCUT2D eigenvalue weighted by Crippen LogP contribution is 2.37. The van der Waals surface area contributed by atoms with E-state index in [9.17, 15) is 8.76 Å². The van der Waals surface area contributed by atoms with Crippen LogP contribution in [0.1, 0.15) is 19.8 Å². The lowest BCUT2D eigenvalue weighted by molar-refractivity contribution is 0.565. The van der Waals surface area contributed by atoms with Gasteiger partial charge in [0, 0.05) is 23.4 Å². The number of rotatable bonds is 7. The molecule has 0 amide bonds. The van der Waals surface area contributed by atoms with Crippen molar-refractivity contribution in [1.29, 1.82) is 0 Å². The van der Waals surface area contributed by atoms with Crippen molar-refractivity contribution in [3.8, 4) is 22.5 Å². The van der Waals surface area contributed by atoms with Gasteiger partial charge in [0.25, 0.3) is 0 Å². The largest absolute Gasteiger partial charge is 0.384 e. The van der Waals surface area contributed by atoms with Crippen molar-refractivity contribution in [2.24, 2.45) is 0 Å². The number of aromatic amines is 1. The van der Waals surface area contributed by atoms with Gasteiger partial charge in [-0.1, -0.05) is 43.7 Å². The highest BCUT2D eigenvalue weighted by molar-refractivity contribution is 7.79. The van der Waals surface area contributed by atoms with Gasteiger partial charge in [0.2, 0.25) is 5.82 Å². The summed E-state index contributed by atoms with van der Waals surface area (Å²) >= 11 is -2.16. The van der Waals surface area contributed by atoms with E-state index < -0.39 is 11.1 Å². The van der Waals surface area contributed by atoms with E-state index in [2.05, 4.69) is 32.9 Å². The van der Waals surface area contributed by atoms with E-state index in [1.165, 1.54) is 0 Å². The van der Waals surface area contributed by atoms with Gasteiger partial charge in [0.15, 0.2) is 11.1 Å². The van der Waals surface area contributed by atoms with Gasteiger partial charge in [-0.25, -0.2) is 4.21 Å². The number of benzene rings is 2. The standard InChI is InChI=1S/C17H19N5O2S/c1-2-3-9-18-14-10-13(17-19-21-22-20-17)11-15(25(23)24)16(14)12-7-5-4-6-8-12/h4-8,10-11,18H,2-3,9H2,1H3,(H,23,24)(H,19,20,21,22). The first kappa shape index (κ1) is 17.2. The van der Waals surface area contributed by atoms with Crippen molar-refractivity contribution >= 4 is 16.8 Å². The number of tetrazole rings is 1. The molecule has 0 bridgehead atoms. The zero-order valence-electron chi connectivity index (χ0n) is 13.8. The summed E-state index contributed by atoms with van der Waals surface area (Å²) in [6.07, 6.45) is 2.05. The van der Waals surface area contributed by atoms with Crippen molar-refractivity contribution in [3.05, 3.63) is 42.5 Å². The molecule has 7 nitrogen and oxygen atoms in total. The minimum Gasteiger partial charge on any atom is -0.384 e. The topological polar surface area (TPSA) is 104 Å². The number of unbranched alkanes of at least 4 members (excludes halogenated alkanes) is 1. The molecule has 3 rings (SSSR count). The molecule has 2 aromatic carbocycles. The molecule has 0 radical (unpaired) electrons. The van der Waals surface area contributed by atoms with Crippen LogP contribution in [0.2, 0.25) is 0 Å². The third-order valence-corrected chi connectivity index (χ3v) is 4.50. The van der Waals surface area contributed by atoms with Crippen LogP contribution in [-0.2, 0) is 11.1 Å². The highest BCUT2D eigenvalue weighted by Gasteiger charge is 2.18. The molecule has 3 N–H and O–H groups in total. The van der Waals surface area contributed by atoms with Crippen LogP contribution in [0, 0.1) is 0 Å². The Hall–Kier alpha value is -2.58. The third-order valence-electron chi connectivity index (χ3n) is 3.80. The van der Waals surface area contributed by atoms with Crippen LogP contribution in [0.15, 0.2) is 47.4 Å². The lowest BCUT2D eigenvalue weighted by Gasteiger charge is -2.16. The molecule has 3 aromatic rings. The molecule has 1 aromatic heterocycles. The molecule has 0 fully saturated rings. The van der Waals surface area contributed by atoms with E-state index >= 15 is 0 Å². The number of nitrogens with zero attached hydrogens (tertiary/aromatic N) is 3. The first-order chi connectivity index (χ1) is 12.2. The fraction of sp³-hybridized carbons (Fsp3) is 0.235. The van der Waals surface area contributed by atoms with Crippen LogP contribution in [0.3, 0.4) is 0 Å². The maximum absolute atomic E-state index is 12.0. The Morgan fingerprint density at radius 3 is 2.64 bits per heavy atom. The molecule has 130 valence electrons. The Balaban J connectivity index is 2.17. The minimum atomic E-state index is -2.16. The zero-order valence-corrected chi connectivity index (χ0v) is 14.6.